The number of amides is 1. The summed E-state index contributed by atoms with van der Waals surface area (Å²) in [6, 6.07) is 12.4. The van der Waals surface area contributed by atoms with Gasteiger partial charge in [0.05, 0.1) is 23.1 Å². The third-order valence-corrected chi connectivity index (χ3v) is 7.37. The first-order chi connectivity index (χ1) is 16.4. The van der Waals surface area contributed by atoms with Gasteiger partial charge in [0.1, 0.15) is 11.4 Å². The van der Waals surface area contributed by atoms with Crippen molar-refractivity contribution in [2.45, 2.75) is 56.7 Å². The van der Waals surface area contributed by atoms with Gasteiger partial charge in [-0.25, -0.2) is 15.0 Å². The van der Waals surface area contributed by atoms with E-state index in [0.717, 1.165) is 40.0 Å². The zero-order valence-corrected chi connectivity index (χ0v) is 19.1. The average Bonchev–Trinajstić information content (AvgIpc) is 3.55. The molecule has 1 aliphatic carbocycles. The van der Waals surface area contributed by atoms with Crippen LogP contribution < -0.4 is 5.32 Å². The lowest BCUT2D eigenvalue weighted by molar-refractivity contribution is 0.0687. The number of aromatic nitrogens is 4. The van der Waals surface area contributed by atoms with Crippen LogP contribution in [0.1, 0.15) is 84.2 Å². The molecule has 3 aliphatic rings. The molecule has 0 radical (unpaired) electrons. The van der Waals surface area contributed by atoms with E-state index in [2.05, 4.69) is 32.0 Å². The highest BCUT2D eigenvalue weighted by molar-refractivity contribution is 5.97. The number of carbonyl (C=O) groups excluding carboxylic acids is 1. The lowest BCUT2D eigenvalue weighted by Gasteiger charge is -2.21. The summed E-state index contributed by atoms with van der Waals surface area (Å²) in [6.07, 6.45) is 6.72. The van der Waals surface area contributed by atoms with Crippen LogP contribution in [0.4, 0.5) is 0 Å². The van der Waals surface area contributed by atoms with Crippen molar-refractivity contribution in [3.63, 3.8) is 0 Å². The van der Waals surface area contributed by atoms with Crippen LogP contribution in [0.2, 0.25) is 0 Å². The van der Waals surface area contributed by atoms with E-state index in [9.17, 15) is 9.90 Å². The quantitative estimate of drug-likeness (QED) is 0.482. The average molecular weight is 452 g/mol. The summed E-state index contributed by atoms with van der Waals surface area (Å²) in [7, 11) is 0. The molecule has 1 saturated carbocycles. The molecule has 0 unspecified atom stereocenters. The van der Waals surface area contributed by atoms with Gasteiger partial charge in [-0.1, -0.05) is 18.2 Å². The van der Waals surface area contributed by atoms with Crippen LogP contribution in [0.5, 0.6) is 0 Å². The molecule has 2 aliphatic heterocycles. The van der Waals surface area contributed by atoms with E-state index in [4.69, 9.17) is 4.98 Å². The van der Waals surface area contributed by atoms with Crippen LogP contribution in [0, 0.1) is 0 Å². The molecule has 4 aromatic rings. The number of hydrogen-bond donors (Lipinski definition) is 2. The van der Waals surface area contributed by atoms with Crippen LogP contribution in [0.3, 0.4) is 0 Å². The zero-order valence-electron chi connectivity index (χ0n) is 19.1. The molecule has 1 amide bonds. The number of nitrogens with zero attached hydrogens (tertiary/aromatic N) is 4. The second kappa shape index (κ2) is 6.73. The normalized spacial score (nSPS) is 21.2. The molecule has 34 heavy (non-hydrogen) atoms. The topological polar surface area (TPSA) is 92.9 Å². The van der Waals surface area contributed by atoms with Gasteiger partial charge in [-0.05, 0) is 73.9 Å². The molecule has 4 heterocycles. The lowest BCUT2D eigenvalue weighted by atomic mass is 9.91. The Morgan fingerprint density at radius 3 is 2.62 bits per heavy atom. The minimum atomic E-state index is -1.08. The molecular formula is C27H25N5O2. The Morgan fingerprint density at radius 2 is 1.88 bits per heavy atom. The van der Waals surface area contributed by atoms with Crippen LogP contribution in [-0.2, 0) is 5.60 Å². The molecule has 7 rings (SSSR count). The van der Waals surface area contributed by atoms with E-state index >= 15 is 0 Å². The van der Waals surface area contributed by atoms with Gasteiger partial charge in [-0.2, -0.15) is 0 Å². The third kappa shape index (κ3) is 2.86. The fourth-order valence-electron chi connectivity index (χ4n) is 5.60. The number of carbonyl (C=O) groups is 1. The van der Waals surface area contributed by atoms with Gasteiger partial charge in [0.15, 0.2) is 5.82 Å². The molecule has 7 heteroatoms. The highest BCUT2D eigenvalue weighted by atomic mass is 16.3. The molecule has 2 N–H and O–H groups in total. The highest BCUT2D eigenvalue weighted by Crippen LogP contribution is 2.50. The summed E-state index contributed by atoms with van der Waals surface area (Å²) in [5.41, 5.74) is 6.07. The zero-order chi connectivity index (χ0) is 23.2. The Balaban J connectivity index is 1.39. The summed E-state index contributed by atoms with van der Waals surface area (Å²) >= 11 is 0. The minimum Gasteiger partial charge on any atom is -0.382 e. The molecule has 1 fully saturated rings. The fourth-order valence-corrected chi connectivity index (χ4v) is 5.60. The molecule has 0 saturated heterocycles. The molecule has 2 bridgehead atoms. The smallest absolute Gasteiger partial charge is 0.252 e. The van der Waals surface area contributed by atoms with Crippen LogP contribution in [0.15, 0.2) is 48.8 Å². The van der Waals surface area contributed by atoms with Crippen molar-refractivity contribution in [2.24, 2.45) is 0 Å². The van der Waals surface area contributed by atoms with Gasteiger partial charge < -0.3 is 15.0 Å². The summed E-state index contributed by atoms with van der Waals surface area (Å²) in [5.74, 6) is 1.89. The summed E-state index contributed by atoms with van der Waals surface area (Å²) in [5, 5.41) is 13.4. The first-order valence-corrected chi connectivity index (χ1v) is 11.9. The van der Waals surface area contributed by atoms with Crippen molar-refractivity contribution in [2.75, 3.05) is 0 Å². The number of fused-ring (bicyclic) bond motifs is 9. The Bertz CT molecular complexity index is 1480. The number of aliphatic hydroxyl groups is 1. The van der Waals surface area contributed by atoms with Gasteiger partial charge in [0.2, 0.25) is 0 Å². The lowest BCUT2D eigenvalue weighted by Crippen LogP contribution is -2.28. The Morgan fingerprint density at radius 1 is 1.09 bits per heavy atom. The van der Waals surface area contributed by atoms with Crippen molar-refractivity contribution < 1.29 is 9.90 Å². The standard InChI is InChI=1S/C27H25N5O2/c1-27(2,34)26-28-12-16(13-29-26)15-8-9-19-21(10-15)32-22-11-20(24(32)30-19)31-25(33)18-5-3-4-17(23(18)22)14-6-7-14/h3-5,8-10,12-14,20,22,34H,6-7,11H2,1-2H3,(H,31,33)/t20-,22-/m1/s1. The molecule has 7 nitrogen and oxygen atoms in total. The number of rotatable bonds is 3. The van der Waals surface area contributed by atoms with Gasteiger partial charge in [0.25, 0.3) is 5.91 Å². The van der Waals surface area contributed by atoms with E-state index in [1.165, 1.54) is 24.0 Å². The monoisotopic (exact) mass is 451 g/mol. The number of nitrogens with one attached hydrogen (secondary N) is 1. The fraction of sp³-hybridized carbons (Fsp3) is 0.333. The van der Waals surface area contributed by atoms with Crippen molar-refractivity contribution >= 4 is 16.9 Å². The summed E-state index contributed by atoms with van der Waals surface area (Å²) in [4.78, 5) is 26.8. The Hall–Kier alpha value is -3.58. The minimum absolute atomic E-state index is 0.00745. The van der Waals surface area contributed by atoms with E-state index in [-0.39, 0.29) is 18.0 Å². The van der Waals surface area contributed by atoms with Crippen molar-refractivity contribution in [1.29, 1.82) is 0 Å². The van der Waals surface area contributed by atoms with Crippen molar-refractivity contribution in [3.8, 4) is 11.1 Å². The van der Waals surface area contributed by atoms with Crippen molar-refractivity contribution in [1.82, 2.24) is 24.8 Å². The number of hydrogen-bond acceptors (Lipinski definition) is 5. The molecule has 2 aromatic carbocycles. The van der Waals surface area contributed by atoms with Gasteiger partial charge in [-0.3, -0.25) is 4.79 Å². The predicted molar refractivity (Wildman–Crippen MR) is 127 cm³/mol. The number of imidazole rings is 1. The van der Waals surface area contributed by atoms with Gasteiger partial charge in [0, 0.05) is 23.5 Å². The van der Waals surface area contributed by atoms with Gasteiger partial charge >= 0.3 is 0 Å². The van der Waals surface area contributed by atoms with Gasteiger partial charge in [-0.15, -0.1) is 0 Å². The van der Waals surface area contributed by atoms with E-state index in [0.29, 0.717) is 11.7 Å². The van der Waals surface area contributed by atoms with Crippen LogP contribution in [0.25, 0.3) is 22.2 Å². The molecule has 2 aromatic heterocycles. The molecular weight excluding hydrogens is 426 g/mol. The molecule has 2 atom stereocenters. The largest absolute Gasteiger partial charge is 0.382 e. The summed E-state index contributed by atoms with van der Waals surface area (Å²) < 4.78 is 2.33. The molecule has 0 spiro atoms. The Labute approximate surface area is 196 Å². The van der Waals surface area contributed by atoms with Crippen LogP contribution in [-0.4, -0.2) is 30.5 Å². The Kier molecular flexibility index (Phi) is 3.93. The number of benzene rings is 2. The SMILES string of the molecule is CC(C)(O)c1ncc(-c2ccc3nc4n(c3c2)[C@@H]2C[C@H]4NC(=O)c3cccc(C4CC4)c32)cn1. The van der Waals surface area contributed by atoms with Crippen molar-refractivity contribution in [3.05, 3.63) is 77.1 Å². The second-order valence-corrected chi connectivity index (χ2v) is 10.3. The van der Waals surface area contributed by atoms with E-state index in [1.54, 1.807) is 26.2 Å². The first-order valence-electron chi connectivity index (χ1n) is 11.9. The second-order valence-electron chi connectivity index (χ2n) is 10.3. The maximum atomic E-state index is 13.1. The summed E-state index contributed by atoms with van der Waals surface area (Å²) in [6.45, 7) is 3.35. The maximum Gasteiger partial charge on any atom is 0.252 e. The van der Waals surface area contributed by atoms with E-state index in [1.807, 2.05) is 24.3 Å². The predicted octanol–water partition coefficient (Wildman–Crippen LogP) is 4.38. The third-order valence-electron chi connectivity index (χ3n) is 7.37. The maximum absolute atomic E-state index is 13.1. The molecule has 170 valence electrons. The van der Waals surface area contributed by atoms with Crippen LogP contribution >= 0.6 is 0 Å². The highest BCUT2D eigenvalue weighted by Gasteiger charge is 2.43. The first kappa shape index (κ1) is 19.9. The van der Waals surface area contributed by atoms with E-state index < -0.39 is 5.60 Å².